The van der Waals surface area contributed by atoms with Crippen LogP contribution in [-0.4, -0.2) is 64.4 Å². The van der Waals surface area contributed by atoms with Gasteiger partial charge in [-0.2, -0.15) is 5.10 Å². The second-order valence-electron chi connectivity index (χ2n) is 9.38. The molecule has 1 aliphatic rings. The SMILES string of the molecule is CCCNC(=O)C(CN1CCN(c2ccc(-n3cnn(C(C)C)c3=O)cc2)CC1)c1ccccc1. The van der Waals surface area contributed by atoms with E-state index < -0.39 is 0 Å². The highest BCUT2D eigenvalue weighted by Crippen LogP contribution is 2.22. The minimum atomic E-state index is -0.168. The Morgan fingerprint density at radius 1 is 0.971 bits per heavy atom. The van der Waals surface area contributed by atoms with Gasteiger partial charge in [0, 0.05) is 45.0 Å². The van der Waals surface area contributed by atoms with Gasteiger partial charge in [-0.25, -0.2) is 14.0 Å². The molecule has 0 saturated carbocycles. The van der Waals surface area contributed by atoms with E-state index in [0.717, 1.165) is 56.1 Å². The Kier molecular flexibility index (Phi) is 8.02. The minimum Gasteiger partial charge on any atom is -0.369 e. The number of amides is 1. The molecule has 35 heavy (non-hydrogen) atoms. The molecule has 1 N–H and O–H groups in total. The summed E-state index contributed by atoms with van der Waals surface area (Å²) in [7, 11) is 0. The molecule has 3 aromatic rings. The van der Waals surface area contributed by atoms with Gasteiger partial charge in [0.1, 0.15) is 6.33 Å². The van der Waals surface area contributed by atoms with Gasteiger partial charge in [0.05, 0.1) is 17.6 Å². The highest BCUT2D eigenvalue weighted by molar-refractivity contribution is 5.83. The highest BCUT2D eigenvalue weighted by Gasteiger charge is 2.26. The van der Waals surface area contributed by atoms with Gasteiger partial charge in [-0.05, 0) is 50.1 Å². The fourth-order valence-electron chi connectivity index (χ4n) is 4.52. The van der Waals surface area contributed by atoms with Gasteiger partial charge in [-0.3, -0.25) is 9.69 Å². The van der Waals surface area contributed by atoms with E-state index in [0.29, 0.717) is 6.54 Å². The minimum absolute atomic E-state index is 0.0264. The lowest BCUT2D eigenvalue weighted by Crippen LogP contribution is -2.49. The molecule has 0 bridgehead atoms. The highest BCUT2D eigenvalue weighted by atomic mass is 16.2. The molecule has 1 unspecified atom stereocenters. The summed E-state index contributed by atoms with van der Waals surface area (Å²) >= 11 is 0. The number of piperazine rings is 1. The maximum Gasteiger partial charge on any atom is 0.350 e. The molecule has 8 heteroatoms. The molecule has 1 atom stereocenters. The maximum atomic E-state index is 12.9. The van der Waals surface area contributed by atoms with Crippen LogP contribution in [0.15, 0.2) is 65.7 Å². The zero-order valence-electron chi connectivity index (χ0n) is 20.9. The number of nitrogens with one attached hydrogen (secondary N) is 1. The topological polar surface area (TPSA) is 75.4 Å². The number of rotatable bonds is 9. The van der Waals surface area contributed by atoms with Crippen LogP contribution in [0.4, 0.5) is 5.69 Å². The summed E-state index contributed by atoms with van der Waals surface area (Å²) in [6, 6.07) is 18.2. The van der Waals surface area contributed by atoms with Crippen LogP contribution in [0.3, 0.4) is 0 Å². The van der Waals surface area contributed by atoms with Gasteiger partial charge in [-0.15, -0.1) is 0 Å². The predicted octanol–water partition coefficient (Wildman–Crippen LogP) is 3.05. The third-order valence-electron chi connectivity index (χ3n) is 6.56. The van der Waals surface area contributed by atoms with Crippen LogP contribution in [0.2, 0.25) is 0 Å². The molecule has 2 heterocycles. The third kappa shape index (κ3) is 5.82. The molecule has 1 aromatic heterocycles. The molecular formula is C27H36N6O2. The lowest BCUT2D eigenvalue weighted by molar-refractivity contribution is -0.123. The van der Waals surface area contributed by atoms with E-state index in [1.807, 2.05) is 56.3 Å². The zero-order valence-corrected chi connectivity index (χ0v) is 20.9. The molecule has 4 rings (SSSR count). The van der Waals surface area contributed by atoms with Crippen molar-refractivity contribution in [3.05, 3.63) is 77.0 Å². The number of benzene rings is 2. The second kappa shape index (κ2) is 11.4. The molecule has 0 radical (unpaired) electrons. The molecule has 0 spiro atoms. The van der Waals surface area contributed by atoms with Crippen molar-refractivity contribution in [2.24, 2.45) is 0 Å². The fourth-order valence-corrected chi connectivity index (χ4v) is 4.52. The van der Waals surface area contributed by atoms with Crippen molar-refractivity contribution < 1.29 is 4.79 Å². The molecule has 186 valence electrons. The first-order chi connectivity index (χ1) is 17.0. The summed E-state index contributed by atoms with van der Waals surface area (Å²) in [6.07, 6.45) is 2.51. The number of carbonyl (C=O) groups is 1. The van der Waals surface area contributed by atoms with E-state index in [9.17, 15) is 9.59 Å². The molecule has 2 aromatic carbocycles. The summed E-state index contributed by atoms with van der Waals surface area (Å²) in [5.74, 6) is -0.0641. The Morgan fingerprint density at radius 3 is 2.23 bits per heavy atom. The van der Waals surface area contributed by atoms with Crippen LogP contribution >= 0.6 is 0 Å². The molecule has 0 aliphatic carbocycles. The van der Waals surface area contributed by atoms with E-state index in [2.05, 4.69) is 39.3 Å². The molecule has 1 saturated heterocycles. The van der Waals surface area contributed by atoms with Crippen molar-refractivity contribution in [1.82, 2.24) is 24.6 Å². The van der Waals surface area contributed by atoms with Crippen molar-refractivity contribution in [1.29, 1.82) is 0 Å². The lowest BCUT2D eigenvalue weighted by atomic mass is 9.97. The number of aromatic nitrogens is 3. The Labute approximate surface area is 207 Å². The number of hydrogen-bond acceptors (Lipinski definition) is 5. The normalized spacial score (nSPS) is 15.4. The van der Waals surface area contributed by atoms with Gasteiger partial charge in [-0.1, -0.05) is 37.3 Å². The Hall–Kier alpha value is -3.39. The van der Waals surface area contributed by atoms with Gasteiger partial charge in [0.15, 0.2) is 0 Å². The smallest absolute Gasteiger partial charge is 0.350 e. The van der Waals surface area contributed by atoms with Crippen LogP contribution in [0.5, 0.6) is 0 Å². The first kappa shape index (κ1) is 24.7. The summed E-state index contributed by atoms with van der Waals surface area (Å²) in [4.78, 5) is 30.2. The van der Waals surface area contributed by atoms with E-state index in [4.69, 9.17) is 0 Å². The van der Waals surface area contributed by atoms with Crippen LogP contribution in [0, 0.1) is 0 Å². The Morgan fingerprint density at radius 2 is 1.63 bits per heavy atom. The summed E-state index contributed by atoms with van der Waals surface area (Å²) in [5, 5.41) is 7.29. The van der Waals surface area contributed by atoms with E-state index >= 15 is 0 Å². The number of nitrogens with zero attached hydrogens (tertiary/aromatic N) is 5. The van der Waals surface area contributed by atoms with Crippen molar-refractivity contribution >= 4 is 11.6 Å². The van der Waals surface area contributed by atoms with Crippen molar-refractivity contribution in [3.8, 4) is 5.69 Å². The molecular weight excluding hydrogens is 440 g/mol. The van der Waals surface area contributed by atoms with E-state index in [1.54, 1.807) is 10.9 Å². The first-order valence-corrected chi connectivity index (χ1v) is 12.5. The molecule has 1 amide bonds. The van der Waals surface area contributed by atoms with Crippen LogP contribution in [0.1, 0.15) is 44.7 Å². The monoisotopic (exact) mass is 476 g/mol. The van der Waals surface area contributed by atoms with Gasteiger partial charge in [0.25, 0.3) is 0 Å². The molecule has 8 nitrogen and oxygen atoms in total. The summed E-state index contributed by atoms with van der Waals surface area (Å²) < 4.78 is 3.06. The van der Waals surface area contributed by atoms with Crippen LogP contribution in [0.25, 0.3) is 5.69 Å². The van der Waals surface area contributed by atoms with Crippen molar-refractivity contribution in [3.63, 3.8) is 0 Å². The molecule has 1 fully saturated rings. The van der Waals surface area contributed by atoms with Crippen LogP contribution < -0.4 is 15.9 Å². The van der Waals surface area contributed by atoms with Gasteiger partial charge >= 0.3 is 5.69 Å². The van der Waals surface area contributed by atoms with Crippen molar-refractivity contribution in [2.45, 2.75) is 39.2 Å². The number of hydrogen-bond donors (Lipinski definition) is 1. The fraction of sp³-hybridized carbons (Fsp3) is 0.444. The number of anilines is 1. The average Bonchev–Trinajstić information content (AvgIpc) is 3.28. The third-order valence-corrected chi connectivity index (χ3v) is 6.56. The van der Waals surface area contributed by atoms with E-state index in [1.165, 1.54) is 4.68 Å². The molecule has 1 aliphatic heterocycles. The van der Waals surface area contributed by atoms with Gasteiger partial charge < -0.3 is 10.2 Å². The first-order valence-electron chi connectivity index (χ1n) is 12.5. The summed E-state index contributed by atoms with van der Waals surface area (Å²) in [5.41, 5.74) is 2.89. The second-order valence-corrected chi connectivity index (χ2v) is 9.38. The van der Waals surface area contributed by atoms with Crippen LogP contribution in [-0.2, 0) is 4.79 Å². The Balaban J connectivity index is 1.38. The number of carbonyl (C=O) groups excluding carboxylic acids is 1. The summed E-state index contributed by atoms with van der Waals surface area (Å²) in [6.45, 7) is 11.0. The lowest BCUT2D eigenvalue weighted by Gasteiger charge is -2.37. The van der Waals surface area contributed by atoms with Crippen molar-refractivity contribution in [2.75, 3.05) is 44.2 Å². The maximum absolute atomic E-state index is 12.9. The predicted molar refractivity (Wildman–Crippen MR) is 139 cm³/mol. The quantitative estimate of drug-likeness (QED) is 0.514. The standard InChI is InChI=1S/C27H36N6O2/c1-4-14-28-26(34)25(22-8-6-5-7-9-22)19-30-15-17-31(18-16-30)23-10-12-24(13-11-23)32-20-29-33(21(2)3)27(32)35/h5-13,20-21,25H,4,14-19H2,1-3H3,(H,28,34). The largest absolute Gasteiger partial charge is 0.369 e. The van der Waals surface area contributed by atoms with E-state index in [-0.39, 0.29) is 23.6 Å². The average molecular weight is 477 g/mol. The zero-order chi connectivity index (χ0) is 24.8. The van der Waals surface area contributed by atoms with Gasteiger partial charge in [0.2, 0.25) is 5.91 Å². The Bertz CT molecular complexity index is 1140.